The van der Waals surface area contributed by atoms with Gasteiger partial charge in [0.15, 0.2) is 0 Å². The first kappa shape index (κ1) is 17.0. The normalized spacial score (nSPS) is 10.2. The van der Waals surface area contributed by atoms with Gasteiger partial charge in [-0.25, -0.2) is 0 Å². The molecule has 2 rings (SSSR count). The molecule has 0 aliphatic heterocycles. The molecule has 0 fully saturated rings. The lowest BCUT2D eigenvalue weighted by molar-refractivity contribution is -0.129. The highest BCUT2D eigenvalue weighted by atomic mass is 35.5. The average Bonchev–Trinajstić information content (AvgIpc) is 2.52. The van der Waals surface area contributed by atoms with E-state index >= 15 is 0 Å². The quantitative estimate of drug-likeness (QED) is 0.884. The Morgan fingerprint density at radius 3 is 2.61 bits per heavy atom. The molecule has 0 unspecified atom stereocenters. The van der Waals surface area contributed by atoms with Crippen LogP contribution in [0, 0.1) is 0 Å². The average molecular weight is 332 g/mol. The maximum absolute atomic E-state index is 12.0. The standard InChI is InChI=1S/C17H18ClN3O2/c1-13(22)21(12-14-5-8-19-9-6-14)10-7-17(23)20-16-4-2-3-15(18)11-16/h2-6,8-9,11H,7,10,12H2,1H3,(H,20,23). The van der Waals surface area contributed by atoms with E-state index in [0.717, 1.165) is 5.56 Å². The molecule has 6 heteroatoms. The second-order valence-electron chi connectivity index (χ2n) is 5.10. The van der Waals surface area contributed by atoms with E-state index in [0.29, 0.717) is 23.8 Å². The number of halogens is 1. The molecule has 0 saturated heterocycles. The molecule has 120 valence electrons. The number of rotatable bonds is 6. The number of anilines is 1. The second kappa shape index (κ2) is 8.29. The van der Waals surface area contributed by atoms with E-state index in [2.05, 4.69) is 10.3 Å². The zero-order valence-corrected chi connectivity index (χ0v) is 13.6. The second-order valence-corrected chi connectivity index (χ2v) is 5.54. The van der Waals surface area contributed by atoms with Crippen LogP contribution in [0.1, 0.15) is 18.9 Å². The van der Waals surface area contributed by atoms with Gasteiger partial charge in [0.05, 0.1) is 0 Å². The first-order valence-corrected chi connectivity index (χ1v) is 7.62. The summed E-state index contributed by atoms with van der Waals surface area (Å²) in [6.45, 7) is 2.31. The summed E-state index contributed by atoms with van der Waals surface area (Å²) in [6.07, 6.45) is 3.58. The number of carbonyl (C=O) groups is 2. The van der Waals surface area contributed by atoms with Crippen LogP contribution in [0.2, 0.25) is 5.02 Å². The van der Waals surface area contributed by atoms with Crippen molar-refractivity contribution in [2.45, 2.75) is 19.9 Å². The Kier molecular flexibility index (Phi) is 6.11. The first-order valence-electron chi connectivity index (χ1n) is 7.24. The third-order valence-corrected chi connectivity index (χ3v) is 3.52. The van der Waals surface area contributed by atoms with E-state index in [-0.39, 0.29) is 18.2 Å². The molecule has 5 nitrogen and oxygen atoms in total. The molecule has 2 amide bonds. The summed E-state index contributed by atoms with van der Waals surface area (Å²) < 4.78 is 0. The highest BCUT2D eigenvalue weighted by Gasteiger charge is 2.12. The van der Waals surface area contributed by atoms with Crippen molar-refractivity contribution in [1.29, 1.82) is 0 Å². The Hall–Kier alpha value is -2.40. The van der Waals surface area contributed by atoms with Gasteiger partial charge in [0.25, 0.3) is 0 Å². The SMILES string of the molecule is CC(=O)N(CCC(=O)Nc1cccc(Cl)c1)Cc1ccncc1. The molecule has 0 spiro atoms. The van der Waals surface area contributed by atoms with Crippen molar-refractivity contribution >= 4 is 29.1 Å². The number of nitrogens with one attached hydrogen (secondary N) is 1. The molecule has 23 heavy (non-hydrogen) atoms. The van der Waals surface area contributed by atoms with E-state index in [1.807, 2.05) is 12.1 Å². The monoisotopic (exact) mass is 331 g/mol. The number of aromatic nitrogens is 1. The van der Waals surface area contributed by atoms with Gasteiger partial charge in [-0.2, -0.15) is 0 Å². The van der Waals surface area contributed by atoms with Crippen LogP contribution in [-0.4, -0.2) is 28.2 Å². The zero-order chi connectivity index (χ0) is 16.7. The van der Waals surface area contributed by atoms with Crippen molar-refractivity contribution in [3.05, 3.63) is 59.4 Å². The predicted octanol–water partition coefficient (Wildman–Crippen LogP) is 3.11. The third-order valence-electron chi connectivity index (χ3n) is 3.29. The van der Waals surface area contributed by atoms with E-state index < -0.39 is 0 Å². The Morgan fingerprint density at radius 2 is 1.96 bits per heavy atom. The van der Waals surface area contributed by atoms with Crippen LogP contribution in [-0.2, 0) is 16.1 Å². The van der Waals surface area contributed by atoms with Crippen molar-refractivity contribution < 1.29 is 9.59 Å². The van der Waals surface area contributed by atoms with Crippen molar-refractivity contribution in [2.24, 2.45) is 0 Å². The molecular weight excluding hydrogens is 314 g/mol. The van der Waals surface area contributed by atoms with Crippen molar-refractivity contribution in [1.82, 2.24) is 9.88 Å². The Morgan fingerprint density at radius 1 is 1.22 bits per heavy atom. The molecule has 0 saturated carbocycles. The lowest BCUT2D eigenvalue weighted by atomic mass is 10.2. The summed E-state index contributed by atoms with van der Waals surface area (Å²) >= 11 is 5.88. The van der Waals surface area contributed by atoms with Gasteiger partial charge >= 0.3 is 0 Å². The minimum absolute atomic E-state index is 0.0719. The molecule has 2 aromatic rings. The van der Waals surface area contributed by atoms with Crippen LogP contribution in [0.4, 0.5) is 5.69 Å². The van der Waals surface area contributed by atoms with Gasteiger partial charge in [-0.05, 0) is 35.9 Å². The Labute approximate surface area is 140 Å². The summed E-state index contributed by atoms with van der Waals surface area (Å²) in [4.78, 5) is 29.3. The Bertz CT molecular complexity index is 677. The van der Waals surface area contributed by atoms with Crippen LogP contribution >= 0.6 is 11.6 Å². The van der Waals surface area contributed by atoms with Gasteiger partial charge < -0.3 is 10.2 Å². The summed E-state index contributed by atoms with van der Waals surface area (Å²) in [5.74, 6) is -0.231. The molecule has 0 atom stereocenters. The van der Waals surface area contributed by atoms with Gasteiger partial charge in [0, 0.05) is 49.5 Å². The number of nitrogens with zero attached hydrogens (tertiary/aromatic N) is 2. The molecule has 0 aliphatic rings. The van der Waals surface area contributed by atoms with Crippen molar-refractivity contribution in [2.75, 3.05) is 11.9 Å². The van der Waals surface area contributed by atoms with Crippen LogP contribution in [0.25, 0.3) is 0 Å². The largest absolute Gasteiger partial charge is 0.338 e. The molecule has 1 aromatic carbocycles. The minimum Gasteiger partial charge on any atom is -0.338 e. The minimum atomic E-state index is -0.159. The van der Waals surface area contributed by atoms with Crippen LogP contribution in [0.15, 0.2) is 48.8 Å². The van der Waals surface area contributed by atoms with Gasteiger partial charge in [-0.3, -0.25) is 14.6 Å². The Balaban J connectivity index is 1.88. The van der Waals surface area contributed by atoms with Crippen molar-refractivity contribution in [3.8, 4) is 0 Å². The van der Waals surface area contributed by atoms with Crippen LogP contribution in [0.5, 0.6) is 0 Å². The number of benzene rings is 1. The molecule has 0 aliphatic carbocycles. The summed E-state index contributed by atoms with van der Waals surface area (Å²) in [5, 5.41) is 3.33. The molecular formula is C17H18ClN3O2. The maximum atomic E-state index is 12.0. The van der Waals surface area contributed by atoms with E-state index in [1.165, 1.54) is 6.92 Å². The number of amides is 2. The van der Waals surface area contributed by atoms with Gasteiger partial charge in [-0.1, -0.05) is 17.7 Å². The highest BCUT2D eigenvalue weighted by molar-refractivity contribution is 6.30. The predicted molar refractivity (Wildman–Crippen MR) is 90.0 cm³/mol. The summed E-state index contributed by atoms with van der Waals surface area (Å²) in [5.41, 5.74) is 1.62. The molecule has 0 bridgehead atoms. The number of pyridine rings is 1. The molecule has 1 aromatic heterocycles. The van der Waals surface area contributed by atoms with Gasteiger partial charge in [0.2, 0.25) is 11.8 Å². The lowest BCUT2D eigenvalue weighted by Crippen LogP contribution is -2.31. The van der Waals surface area contributed by atoms with Crippen molar-refractivity contribution in [3.63, 3.8) is 0 Å². The fourth-order valence-corrected chi connectivity index (χ4v) is 2.27. The number of hydrogen-bond donors (Lipinski definition) is 1. The summed E-state index contributed by atoms with van der Waals surface area (Å²) in [6, 6.07) is 10.7. The number of hydrogen-bond acceptors (Lipinski definition) is 3. The fraction of sp³-hybridized carbons (Fsp3) is 0.235. The molecule has 0 radical (unpaired) electrons. The topological polar surface area (TPSA) is 62.3 Å². The van der Waals surface area contributed by atoms with E-state index in [1.54, 1.807) is 41.6 Å². The van der Waals surface area contributed by atoms with Gasteiger partial charge in [-0.15, -0.1) is 0 Å². The number of carbonyl (C=O) groups excluding carboxylic acids is 2. The smallest absolute Gasteiger partial charge is 0.226 e. The van der Waals surface area contributed by atoms with Crippen LogP contribution in [0.3, 0.4) is 0 Å². The maximum Gasteiger partial charge on any atom is 0.226 e. The summed E-state index contributed by atoms with van der Waals surface area (Å²) in [7, 11) is 0. The molecule has 1 N–H and O–H groups in total. The van der Waals surface area contributed by atoms with E-state index in [9.17, 15) is 9.59 Å². The third kappa shape index (κ3) is 5.71. The van der Waals surface area contributed by atoms with Gasteiger partial charge in [0.1, 0.15) is 0 Å². The van der Waals surface area contributed by atoms with E-state index in [4.69, 9.17) is 11.6 Å². The van der Waals surface area contributed by atoms with Crippen LogP contribution < -0.4 is 5.32 Å². The fourth-order valence-electron chi connectivity index (χ4n) is 2.08. The highest BCUT2D eigenvalue weighted by Crippen LogP contribution is 2.15. The lowest BCUT2D eigenvalue weighted by Gasteiger charge is -2.20. The molecule has 1 heterocycles. The first-order chi connectivity index (χ1) is 11.0. The zero-order valence-electron chi connectivity index (χ0n) is 12.8.